The second-order valence-electron chi connectivity index (χ2n) is 8.39. The van der Waals surface area contributed by atoms with E-state index in [2.05, 4.69) is 128 Å². The van der Waals surface area contributed by atoms with Gasteiger partial charge in [-0.1, -0.05) is 110 Å². The average molecular weight is 413 g/mol. The van der Waals surface area contributed by atoms with Crippen molar-refractivity contribution in [1.29, 1.82) is 0 Å². The van der Waals surface area contributed by atoms with Gasteiger partial charge in [-0.25, -0.2) is 4.58 Å². The van der Waals surface area contributed by atoms with Crippen molar-refractivity contribution >= 4 is 25.2 Å². The molecule has 2 aromatic carbocycles. The third-order valence-electron chi connectivity index (χ3n) is 6.24. The second kappa shape index (κ2) is 9.54. The van der Waals surface area contributed by atoms with Gasteiger partial charge in [0, 0.05) is 6.42 Å². The van der Waals surface area contributed by atoms with E-state index >= 15 is 0 Å². The van der Waals surface area contributed by atoms with Crippen molar-refractivity contribution in [3.05, 3.63) is 109 Å². The van der Waals surface area contributed by atoms with E-state index in [-0.39, 0.29) is 0 Å². The van der Waals surface area contributed by atoms with Crippen LogP contribution in [0.15, 0.2) is 109 Å². The Morgan fingerprint density at radius 3 is 1.97 bits per heavy atom. The summed E-state index contributed by atoms with van der Waals surface area (Å²) in [6, 6.07) is 22.4. The first-order chi connectivity index (χ1) is 14.6. The Balaban J connectivity index is 1.66. The van der Waals surface area contributed by atoms with E-state index in [4.69, 9.17) is 0 Å². The van der Waals surface area contributed by atoms with Gasteiger partial charge in [-0.2, -0.15) is 0 Å². The highest BCUT2D eigenvalue weighted by Crippen LogP contribution is 2.50. The van der Waals surface area contributed by atoms with Crippen molar-refractivity contribution in [3.8, 4) is 0 Å². The zero-order valence-electron chi connectivity index (χ0n) is 17.9. The molecule has 0 N–H and O–H groups in total. The summed E-state index contributed by atoms with van der Waals surface area (Å²) in [7, 11) is 1.57. The molecular weight excluding hydrogens is 381 g/mol. The molecular formula is C28H31NP+. The van der Waals surface area contributed by atoms with Crippen LogP contribution in [0.3, 0.4) is 0 Å². The van der Waals surface area contributed by atoms with Gasteiger partial charge in [0.05, 0.1) is 5.92 Å². The quantitative estimate of drug-likeness (QED) is 0.299. The Kier molecular flexibility index (Phi) is 6.60. The number of nitrogens with zero attached hydrogens (tertiary/aromatic N) is 1. The van der Waals surface area contributed by atoms with Crippen molar-refractivity contribution in [2.75, 3.05) is 7.05 Å². The summed E-state index contributed by atoms with van der Waals surface area (Å²) in [5.41, 5.74) is 0. The molecule has 30 heavy (non-hydrogen) atoms. The van der Waals surface area contributed by atoms with Crippen molar-refractivity contribution < 1.29 is 4.58 Å². The van der Waals surface area contributed by atoms with Gasteiger partial charge in [-0.15, -0.1) is 0 Å². The SMILES string of the molecule is C=[N+](C)[C@H](C[C@@H](C)C1C=CC=C1)C1C=CC=C1P(c1ccccc1)c1ccccc1. The maximum absolute atomic E-state index is 4.35. The van der Waals surface area contributed by atoms with Crippen molar-refractivity contribution in [2.45, 2.75) is 19.4 Å². The fourth-order valence-electron chi connectivity index (χ4n) is 4.60. The van der Waals surface area contributed by atoms with Crippen LogP contribution in [0.2, 0.25) is 0 Å². The molecule has 0 aromatic heterocycles. The Morgan fingerprint density at radius 2 is 1.43 bits per heavy atom. The van der Waals surface area contributed by atoms with Crippen LogP contribution >= 0.6 is 7.92 Å². The van der Waals surface area contributed by atoms with Gasteiger partial charge >= 0.3 is 0 Å². The highest BCUT2D eigenvalue weighted by Gasteiger charge is 2.37. The first-order valence-electron chi connectivity index (χ1n) is 10.8. The summed E-state index contributed by atoms with van der Waals surface area (Å²) in [4.78, 5) is 0. The van der Waals surface area contributed by atoms with E-state index in [1.807, 2.05) is 0 Å². The van der Waals surface area contributed by atoms with Gasteiger partial charge in [0.1, 0.15) is 13.8 Å². The minimum Gasteiger partial charge on any atom is -0.241 e. The fraction of sp³-hybridized carbons (Fsp3) is 0.250. The van der Waals surface area contributed by atoms with Crippen LogP contribution in [0, 0.1) is 17.8 Å². The summed E-state index contributed by atoms with van der Waals surface area (Å²) in [5.74, 6) is 1.51. The predicted octanol–water partition coefficient (Wildman–Crippen LogP) is 5.67. The van der Waals surface area contributed by atoms with E-state index in [9.17, 15) is 0 Å². The zero-order valence-corrected chi connectivity index (χ0v) is 18.8. The Bertz CT molecular complexity index is 932. The average Bonchev–Trinajstić information content (AvgIpc) is 3.46. The van der Waals surface area contributed by atoms with Crippen LogP contribution in [0.25, 0.3) is 0 Å². The molecule has 0 amide bonds. The van der Waals surface area contributed by atoms with Gasteiger partial charge in [0.2, 0.25) is 0 Å². The van der Waals surface area contributed by atoms with E-state index in [0.717, 1.165) is 6.42 Å². The molecule has 1 nitrogen and oxygen atoms in total. The Labute approximate surface area is 182 Å². The number of rotatable bonds is 8. The molecule has 2 aliphatic carbocycles. The number of hydrogen-bond donors (Lipinski definition) is 0. The lowest BCUT2D eigenvalue weighted by atomic mass is 9.85. The summed E-state index contributed by atoms with van der Waals surface area (Å²) >= 11 is 0. The topological polar surface area (TPSA) is 3.01 Å². The lowest BCUT2D eigenvalue weighted by molar-refractivity contribution is -0.537. The van der Waals surface area contributed by atoms with Gasteiger partial charge in [-0.05, 0) is 35.7 Å². The molecule has 0 aliphatic heterocycles. The normalized spacial score (nSPS) is 20.0. The standard InChI is InChI=1S/C28H31NP/c1-22(23-13-10-11-14-23)21-27(29(2)3)26-19-12-20-28(26)30(24-15-6-4-7-16-24)25-17-8-5-9-18-25/h4-20,22-23,26-27H,2,21H2,1,3H3/q+1/t22-,26?,27-/m1/s1. The minimum atomic E-state index is -0.568. The van der Waals surface area contributed by atoms with E-state index < -0.39 is 7.92 Å². The minimum absolute atomic E-state index is 0.379. The zero-order chi connectivity index (χ0) is 20.9. The van der Waals surface area contributed by atoms with E-state index in [1.54, 1.807) is 0 Å². The molecule has 1 unspecified atom stereocenters. The molecule has 0 saturated carbocycles. The van der Waals surface area contributed by atoms with Gasteiger partial charge in [-0.3, -0.25) is 0 Å². The lowest BCUT2D eigenvalue weighted by Gasteiger charge is -2.30. The van der Waals surface area contributed by atoms with E-state index in [1.165, 1.54) is 15.9 Å². The van der Waals surface area contributed by atoms with Gasteiger partial charge in [0.15, 0.2) is 6.04 Å². The summed E-state index contributed by atoms with van der Waals surface area (Å²) in [6.45, 7) is 6.72. The summed E-state index contributed by atoms with van der Waals surface area (Å²) in [6.07, 6.45) is 17.2. The fourth-order valence-corrected chi connectivity index (χ4v) is 7.23. The highest BCUT2D eigenvalue weighted by molar-refractivity contribution is 7.76. The smallest absolute Gasteiger partial charge is 0.162 e. The van der Waals surface area contributed by atoms with Crippen molar-refractivity contribution in [3.63, 3.8) is 0 Å². The third-order valence-corrected chi connectivity index (χ3v) is 8.84. The predicted molar refractivity (Wildman–Crippen MR) is 132 cm³/mol. The van der Waals surface area contributed by atoms with Crippen LogP contribution in [0.5, 0.6) is 0 Å². The van der Waals surface area contributed by atoms with E-state index in [0.29, 0.717) is 23.8 Å². The molecule has 2 aliphatic rings. The molecule has 0 radical (unpaired) electrons. The maximum Gasteiger partial charge on any atom is 0.162 e. The monoisotopic (exact) mass is 412 g/mol. The number of benzene rings is 2. The molecule has 0 saturated heterocycles. The molecule has 0 bridgehead atoms. The maximum atomic E-state index is 4.35. The molecule has 2 aromatic rings. The first kappa shape index (κ1) is 20.8. The Morgan fingerprint density at radius 1 is 0.867 bits per heavy atom. The third kappa shape index (κ3) is 4.47. The second-order valence-corrected chi connectivity index (χ2v) is 10.6. The van der Waals surface area contributed by atoms with Crippen LogP contribution in [-0.2, 0) is 0 Å². The van der Waals surface area contributed by atoms with Crippen molar-refractivity contribution in [2.24, 2.45) is 17.8 Å². The molecule has 3 atom stereocenters. The van der Waals surface area contributed by atoms with Crippen LogP contribution in [-0.4, -0.2) is 24.4 Å². The van der Waals surface area contributed by atoms with Crippen LogP contribution in [0.4, 0.5) is 0 Å². The highest BCUT2D eigenvalue weighted by atomic mass is 31.1. The molecule has 0 fully saturated rings. The molecule has 152 valence electrons. The largest absolute Gasteiger partial charge is 0.241 e. The molecule has 4 rings (SSSR count). The summed E-state index contributed by atoms with van der Waals surface area (Å²) in [5, 5.41) is 4.37. The van der Waals surface area contributed by atoms with Crippen LogP contribution in [0.1, 0.15) is 13.3 Å². The Hall–Kier alpha value is -2.50. The first-order valence-corrected chi connectivity index (χ1v) is 12.2. The van der Waals surface area contributed by atoms with Gasteiger partial charge in [0.25, 0.3) is 0 Å². The number of hydrogen-bond acceptors (Lipinski definition) is 0. The lowest BCUT2D eigenvalue weighted by Crippen LogP contribution is -2.34. The van der Waals surface area contributed by atoms with Gasteiger partial charge < -0.3 is 0 Å². The summed E-state index contributed by atoms with van der Waals surface area (Å²) < 4.78 is 2.19. The van der Waals surface area contributed by atoms with Crippen LogP contribution < -0.4 is 10.6 Å². The molecule has 0 heterocycles. The molecule has 0 spiro atoms. The van der Waals surface area contributed by atoms with Crippen molar-refractivity contribution in [1.82, 2.24) is 0 Å². The molecule has 2 heteroatoms. The number of allylic oxidation sites excluding steroid dienone is 6.